The van der Waals surface area contributed by atoms with E-state index in [-0.39, 0.29) is 0 Å². The first kappa shape index (κ1) is 16.4. The largest absolute Gasteiger partial charge is 0.495 e. The molecule has 0 atom stereocenters. The summed E-state index contributed by atoms with van der Waals surface area (Å²) in [5, 5.41) is 3.33. The maximum absolute atomic E-state index is 5.47. The molecule has 3 rings (SSSR count). The van der Waals surface area contributed by atoms with Crippen molar-refractivity contribution in [3.63, 3.8) is 0 Å². The molecule has 0 unspecified atom stereocenters. The zero-order valence-corrected chi connectivity index (χ0v) is 14.6. The predicted molar refractivity (Wildman–Crippen MR) is 98.2 cm³/mol. The molecule has 1 aliphatic heterocycles. The first-order valence-corrected chi connectivity index (χ1v) is 8.40. The van der Waals surface area contributed by atoms with Gasteiger partial charge in [0.25, 0.3) is 0 Å². The lowest BCUT2D eigenvalue weighted by Crippen LogP contribution is -2.47. The molecular formula is C18H25N5O. The van der Waals surface area contributed by atoms with Crippen LogP contribution in [-0.4, -0.2) is 49.3 Å². The monoisotopic (exact) mass is 327 g/mol. The molecule has 2 heterocycles. The molecule has 24 heavy (non-hydrogen) atoms. The van der Waals surface area contributed by atoms with Crippen LogP contribution in [0.15, 0.2) is 36.5 Å². The topological polar surface area (TPSA) is 53.5 Å². The van der Waals surface area contributed by atoms with Gasteiger partial charge >= 0.3 is 0 Å². The van der Waals surface area contributed by atoms with Crippen molar-refractivity contribution >= 4 is 17.5 Å². The Kier molecular flexibility index (Phi) is 5.03. The third-order valence-corrected chi connectivity index (χ3v) is 4.07. The van der Waals surface area contributed by atoms with Gasteiger partial charge in [0.15, 0.2) is 0 Å². The summed E-state index contributed by atoms with van der Waals surface area (Å²) in [6.45, 7) is 7.84. The molecule has 1 aromatic carbocycles. The van der Waals surface area contributed by atoms with E-state index in [1.165, 1.54) is 0 Å². The fraction of sp³-hybridized carbons (Fsp3) is 0.444. The summed E-state index contributed by atoms with van der Waals surface area (Å²) in [5.41, 5.74) is 1.15. The lowest BCUT2D eigenvalue weighted by atomic mass is 10.2. The van der Waals surface area contributed by atoms with Gasteiger partial charge in [-0.2, -0.15) is 4.98 Å². The van der Waals surface area contributed by atoms with E-state index in [1.807, 2.05) is 30.5 Å². The number of anilines is 3. The van der Waals surface area contributed by atoms with Crippen molar-refractivity contribution in [3.05, 3.63) is 36.5 Å². The Morgan fingerprint density at radius 3 is 2.46 bits per heavy atom. The summed E-state index contributed by atoms with van der Waals surface area (Å²) in [6.07, 6.45) is 1.82. The number of benzene rings is 1. The highest BCUT2D eigenvalue weighted by Gasteiger charge is 2.21. The van der Waals surface area contributed by atoms with E-state index in [0.717, 1.165) is 49.4 Å². The van der Waals surface area contributed by atoms with Gasteiger partial charge in [0.1, 0.15) is 11.6 Å². The van der Waals surface area contributed by atoms with Crippen LogP contribution >= 0.6 is 0 Å². The minimum absolute atomic E-state index is 0.357. The molecule has 6 heteroatoms. The van der Waals surface area contributed by atoms with E-state index < -0.39 is 0 Å². The fourth-order valence-electron chi connectivity index (χ4n) is 2.92. The van der Waals surface area contributed by atoms with Crippen molar-refractivity contribution in [1.29, 1.82) is 0 Å². The molecule has 6 nitrogen and oxygen atoms in total. The van der Waals surface area contributed by atoms with Crippen LogP contribution in [0.25, 0.3) is 0 Å². The van der Waals surface area contributed by atoms with Crippen LogP contribution in [0.4, 0.5) is 17.5 Å². The lowest BCUT2D eigenvalue weighted by Gasteiger charge is -2.36. The van der Waals surface area contributed by atoms with Crippen LogP contribution < -0.4 is 19.9 Å². The molecule has 2 aromatic rings. The highest BCUT2D eigenvalue weighted by Crippen LogP contribution is 2.28. The predicted octanol–water partition coefficient (Wildman–Crippen LogP) is 2.63. The van der Waals surface area contributed by atoms with Crippen molar-refractivity contribution in [2.24, 2.45) is 0 Å². The van der Waals surface area contributed by atoms with Crippen molar-refractivity contribution in [3.8, 4) is 5.75 Å². The zero-order valence-electron chi connectivity index (χ0n) is 14.6. The van der Waals surface area contributed by atoms with Crippen molar-refractivity contribution < 1.29 is 4.74 Å². The van der Waals surface area contributed by atoms with Crippen LogP contribution in [0.1, 0.15) is 13.8 Å². The molecule has 1 aromatic heterocycles. The summed E-state index contributed by atoms with van der Waals surface area (Å²) >= 11 is 0. The van der Waals surface area contributed by atoms with Gasteiger partial charge in [-0.3, -0.25) is 0 Å². The van der Waals surface area contributed by atoms with Gasteiger partial charge in [-0.1, -0.05) is 12.1 Å². The number of para-hydroxylation sites is 2. The number of hydrogen-bond acceptors (Lipinski definition) is 6. The molecule has 0 spiro atoms. The molecule has 0 saturated carbocycles. The molecule has 128 valence electrons. The molecule has 1 saturated heterocycles. The Bertz CT molecular complexity index is 668. The maximum Gasteiger partial charge on any atom is 0.227 e. The van der Waals surface area contributed by atoms with Gasteiger partial charge in [0.2, 0.25) is 5.95 Å². The van der Waals surface area contributed by atoms with Gasteiger partial charge < -0.3 is 19.9 Å². The van der Waals surface area contributed by atoms with Gasteiger partial charge in [-0.25, -0.2) is 4.98 Å². The summed E-state index contributed by atoms with van der Waals surface area (Å²) in [6, 6.07) is 10.4. The number of nitrogens with one attached hydrogen (secondary N) is 1. The van der Waals surface area contributed by atoms with Crippen molar-refractivity contribution in [2.45, 2.75) is 19.9 Å². The molecule has 0 radical (unpaired) electrons. The molecule has 1 fully saturated rings. The Morgan fingerprint density at radius 1 is 1.04 bits per heavy atom. The third-order valence-electron chi connectivity index (χ3n) is 4.07. The summed E-state index contributed by atoms with van der Waals surface area (Å²) in [7, 11) is 1.72. The lowest BCUT2D eigenvalue weighted by molar-refractivity contribution is 0.413. The smallest absolute Gasteiger partial charge is 0.227 e. The average molecular weight is 327 g/mol. The first-order chi connectivity index (χ1) is 11.7. The van der Waals surface area contributed by atoms with Crippen molar-refractivity contribution in [1.82, 2.24) is 9.97 Å². The minimum Gasteiger partial charge on any atom is -0.495 e. The Morgan fingerprint density at radius 2 is 1.75 bits per heavy atom. The van der Waals surface area contributed by atoms with Crippen LogP contribution in [-0.2, 0) is 0 Å². The Labute approximate surface area is 143 Å². The Hall–Kier alpha value is -2.50. The van der Waals surface area contributed by atoms with E-state index >= 15 is 0 Å². The molecule has 1 N–H and O–H groups in total. The number of piperazine rings is 1. The van der Waals surface area contributed by atoms with Gasteiger partial charge in [-0.15, -0.1) is 0 Å². The van der Waals surface area contributed by atoms with Crippen LogP contribution in [0, 0.1) is 0 Å². The molecule has 0 bridgehead atoms. The molecule has 0 amide bonds. The normalized spacial score (nSPS) is 14.8. The quantitative estimate of drug-likeness (QED) is 0.911. The summed E-state index contributed by atoms with van der Waals surface area (Å²) in [4.78, 5) is 13.6. The van der Waals surface area contributed by atoms with Gasteiger partial charge in [0, 0.05) is 38.4 Å². The minimum atomic E-state index is 0.357. The zero-order chi connectivity index (χ0) is 16.9. The average Bonchev–Trinajstić information content (AvgIpc) is 2.61. The number of hydrogen-bond donors (Lipinski definition) is 1. The second-order valence-electron chi connectivity index (χ2n) is 6.19. The number of methoxy groups -OCH3 is 1. The van der Waals surface area contributed by atoms with E-state index in [9.17, 15) is 0 Å². The SMILES string of the molecule is COc1ccccc1N1CCN(c2nccc(NC(C)C)n2)CC1. The third kappa shape index (κ3) is 3.69. The first-order valence-electron chi connectivity index (χ1n) is 8.40. The summed E-state index contributed by atoms with van der Waals surface area (Å²) in [5.74, 6) is 2.59. The van der Waals surface area contributed by atoms with E-state index in [1.54, 1.807) is 7.11 Å². The van der Waals surface area contributed by atoms with Crippen LogP contribution in [0.3, 0.4) is 0 Å². The molecular weight excluding hydrogens is 302 g/mol. The van der Waals surface area contributed by atoms with E-state index in [0.29, 0.717) is 6.04 Å². The highest BCUT2D eigenvalue weighted by atomic mass is 16.5. The van der Waals surface area contributed by atoms with Crippen LogP contribution in [0.5, 0.6) is 5.75 Å². The van der Waals surface area contributed by atoms with Crippen LogP contribution in [0.2, 0.25) is 0 Å². The van der Waals surface area contributed by atoms with Gasteiger partial charge in [0.05, 0.1) is 12.8 Å². The van der Waals surface area contributed by atoms with E-state index in [4.69, 9.17) is 4.74 Å². The number of nitrogens with zero attached hydrogens (tertiary/aromatic N) is 4. The Balaban J connectivity index is 1.67. The number of aromatic nitrogens is 2. The standard InChI is InChI=1S/C18H25N5O/c1-14(2)20-17-8-9-19-18(21-17)23-12-10-22(11-13-23)15-6-4-5-7-16(15)24-3/h4-9,14H,10-13H2,1-3H3,(H,19,20,21). The fourth-order valence-corrected chi connectivity index (χ4v) is 2.92. The van der Waals surface area contributed by atoms with Crippen molar-refractivity contribution in [2.75, 3.05) is 48.4 Å². The highest BCUT2D eigenvalue weighted by molar-refractivity contribution is 5.59. The maximum atomic E-state index is 5.47. The second kappa shape index (κ2) is 7.38. The number of ether oxygens (including phenoxy) is 1. The molecule has 0 aliphatic carbocycles. The second-order valence-corrected chi connectivity index (χ2v) is 6.19. The van der Waals surface area contributed by atoms with Gasteiger partial charge in [-0.05, 0) is 32.0 Å². The number of rotatable bonds is 5. The summed E-state index contributed by atoms with van der Waals surface area (Å²) < 4.78 is 5.47. The molecule has 1 aliphatic rings. The van der Waals surface area contributed by atoms with E-state index in [2.05, 4.69) is 45.0 Å².